The van der Waals surface area contributed by atoms with Crippen molar-refractivity contribution in [1.29, 1.82) is 0 Å². The van der Waals surface area contributed by atoms with Gasteiger partial charge in [-0.25, -0.2) is 0 Å². The highest BCUT2D eigenvalue weighted by Gasteiger charge is 2.29. The molecule has 0 bridgehead atoms. The molecule has 1 heterocycles. The van der Waals surface area contributed by atoms with Gasteiger partial charge in [-0.2, -0.15) is 0 Å². The molecule has 110 valence electrons. The Morgan fingerprint density at radius 1 is 1.10 bits per heavy atom. The molecule has 0 saturated heterocycles. The van der Waals surface area contributed by atoms with Gasteiger partial charge in [-0.3, -0.25) is 0 Å². The number of benzene rings is 2. The summed E-state index contributed by atoms with van der Waals surface area (Å²) >= 11 is 0. The first-order chi connectivity index (χ1) is 10.1. The summed E-state index contributed by atoms with van der Waals surface area (Å²) in [5.74, 6) is 1.47. The van der Waals surface area contributed by atoms with Gasteiger partial charge in [0.2, 0.25) is 0 Å². The Bertz CT molecular complexity index is 664. The standard InChI is InChI=1S/C18H20O3/c1-11-4-5-12(2)14(8-11)18-10-16(19)15-9-13(20-3)6-7-17(15)21-18/h4-9,16,18-19H,10H2,1-3H3. The molecule has 0 aromatic heterocycles. The van der Waals surface area contributed by atoms with E-state index < -0.39 is 6.10 Å². The van der Waals surface area contributed by atoms with E-state index in [0.717, 1.165) is 22.6 Å². The third-order valence-electron chi connectivity index (χ3n) is 4.06. The third-order valence-corrected chi connectivity index (χ3v) is 4.06. The number of hydrogen-bond donors (Lipinski definition) is 1. The predicted octanol–water partition coefficient (Wildman–Crippen LogP) is 3.87. The maximum Gasteiger partial charge on any atom is 0.127 e. The lowest BCUT2D eigenvalue weighted by Gasteiger charge is -2.31. The van der Waals surface area contributed by atoms with Crippen LogP contribution in [0.1, 0.15) is 40.9 Å². The van der Waals surface area contributed by atoms with E-state index >= 15 is 0 Å². The van der Waals surface area contributed by atoms with Crippen molar-refractivity contribution in [2.24, 2.45) is 0 Å². The summed E-state index contributed by atoms with van der Waals surface area (Å²) in [5.41, 5.74) is 4.34. The first kappa shape index (κ1) is 14.0. The lowest BCUT2D eigenvalue weighted by molar-refractivity contribution is 0.0651. The topological polar surface area (TPSA) is 38.7 Å². The van der Waals surface area contributed by atoms with Crippen molar-refractivity contribution in [3.63, 3.8) is 0 Å². The lowest BCUT2D eigenvalue weighted by Crippen LogP contribution is -2.20. The van der Waals surface area contributed by atoms with E-state index in [-0.39, 0.29) is 6.10 Å². The molecule has 1 aliphatic rings. The van der Waals surface area contributed by atoms with E-state index in [0.29, 0.717) is 6.42 Å². The largest absolute Gasteiger partial charge is 0.497 e. The first-order valence-electron chi connectivity index (χ1n) is 7.18. The molecule has 0 radical (unpaired) electrons. The van der Waals surface area contributed by atoms with Crippen LogP contribution in [-0.4, -0.2) is 12.2 Å². The summed E-state index contributed by atoms with van der Waals surface area (Å²) in [6, 6.07) is 11.9. The number of aliphatic hydroxyl groups excluding tert-OH is 1. The normalized spacial score (nSPS) is 20.6. The molecule has 0 aliphatic carbocycles. The molecule has 2 aromatic carbocycles. The molecule has 0 saturated carbocycles. The number of hydrogen-bond acceptors (Lipinski definition) is 3. The van der Waals surface area contributed by atoms with E-state index in [9.17, 15) is 5.11 Å². The Hall–Kier alpha value is -2.00. The van der Waals surface area contributed by atoms with Crippen LogP contribution in [0.5, 0.6) is 11.5 Å². The van der Waals surface area contributed by atoms with Gasteiger partial charge >= 0.3 is 0 Å². The summed E-state index contributed by atoms with van der Waals surface area (Å²) in [4.78, 5) is 0. The second kappa shape index (κ2) is 5.41. The molecular formula is C18H20O3. The van der Waals surface area contributed by atoms with Gasteiger partial charge in [-0.05, 0) is 43.2 Å². The van der Waals surface area contributed by atoms with Crippen molar-refractivity contribution in [3.05, 3.63) is 58.7 Å². The summed E-state index contributed by atoms with van der Waals surface area (Å²) in [6.45, 7) is 4.15. The smallest absolute Gasteiger partial charge is 0.127 e. The van der Waals surface area contributed by atoms with E-state index in [2.05, 4.69) is 32.0 Å². The lowest BCUT2D eigenvalue weighted by atomic mass is 9.92. The second-order valence-corrected chi connectivity index (χ2v) is 5.62. The van der Waals surface area contributed by atoms with Crippen LogP contribution < -0.4 is 9.47 Å². The molecule has 3 rings (SSSR count). The van der Waals surface area contributed by atoms with Crippen molar-refractivity contribution in [2.75, 3.05) is 7.11 Å². The van der Waals surface area contributed by atoms with Crippen LogP contribution >= 0.6 is 0 Å². The van der Waals surface area contributed by atoms with Crippen molar-refractivity contribution in [2.45, 2.75) is 32.5 Å². The Balaban J connectivity index is 1.96. The molecule has 2 unspecified atom stereocenters. The quantitative estimate of drug-likeness (QED) is 0.910. The highest BCUT2D eigenvalue weighted by Crippen LogP contribution is 2.42. The maximum absolute atomic E-state index is 10.4. The van der Waals surface area contributed by atoms with Crippen molar-refractivity contribution >= 4 is 0 Å². The van der Waals surface area contributed by atoms with Crippen LogP contribution in [0.25, 0.3) is 0 Å². The van der Waals surface area contributed by atoms with Crippen molar-refractivity contribution in [3.8, 4) is 11.5 Å². The van der Waals surface area contributed by atoms with Gasteiger partial charge < -0.3 is 14.6 Å². The number of aryl methyl sites for hydroxylation is 2. The van der Waals surface area contributed by atoms with Crippen molar-refractivity contribution in [1.82, 2.24) is 0 Å². The van der Waals surface area contributed by atoms with Gasteiger partial charge in [-0.1, -0.05) is 23.8 Å². The molecule has 2 atom stereocenters. The fraction of sp³-hybridized carbons (Fsp3) is 0.333. The highest BCUT2D eigenvalue weighted by molar-refractivity contribution is 5.44. The summed E-state index contributed by atoms with van der Waals surface area (Å²) in [6.07, 6.45) is -0.0839. The predicted molar refractivity (Wildman–Crippen MR) is 81.9 cm³/mol. The molecule has 21 heavy (non-hydrogen) atoms. The fourth-order valence-electron chi connectivity index (χ4n) is 2.85. The van der Waals surface area contributed by atoms with E-state index in [1.165, 1.54) is 11.1 Å². The van der Waals surface area contributed by atoms with Crippen LogP contribution in [0.2, 0.25) is 0 Å². The Morgan fingerprint density at radius 2 is 1.90 bits per heavy atom. The number of ether oxygens (including phenoxy) is 2. The van der Waals surface area contributed by atoms with Gasteiger partial charge in [0.1, 0.15) is 17.6 Å². The molecule has 0 amide bonds. The van der Waals surface area contributed by atoms with Gasteiger partial charge in [0.25, 0.3) is 0 Å². The highest BCUT2D eigenvalue weighted by atomic mass is 16.5. The van der Waals surface area contributed by atoms with Crippen LogP contribution in [0.3, 0.4) is 0 Å². The van der Waals surface area contributed by atoms with Crippen LogP contribution in [0.15, 0.2) is 36.4 Å². The maximum atomic E-state index is 10.4. The average Bonchev–Trinajstić information content (AvgIpc) is 2.49. The minimum Gasteiger partial charge on any atom is -0.497 e. The van der Waals surface area contributed by atoms with Gasteiger partial charge in [0, 0.05) is 12.0 Å². The Kier molecular flexibility index (Phi) is 3.60. The zero-order valence-electron chi connectivity index (χ0n) is 12.6. The van der Waals surface area contributed by atoms with E-state index in [1.807, 2.05) is 18.2 Å². The molecule has 0 fully saturated rings. The second-order valence-electron chi connectivity index (χ2n) is 5.62. The summed E-state index contributed by atoms with van der Waals surface area (Å²) in [5, 5.41) is 10.4. The first-order valence-corrected chi connectivity index (χ1v) is 7.18. The van der Waals surface area contributed by atoms with Gasteiger partial charge in [0.05, 0.1) is 13.2 Å². The number of methoxy groups -OCH3 is 1. The molecule has 3 heteroatoms. The zero-order chi connectivity index (χ0) is 15.0. The van der Waals surface area contributed by atoms with Gasteiger partial charge in [-0.15, -0.1) is 0 Å². The molecule has 3 nitrogen and oxygen atoms in total. The van der Waals surface area contributed by atoms with E-state index in [4.69, 9.17) is 9.47 Å². The zero-order valence-corrected chi connectivity index (χ0v) is 12.6. The Labute approximate surface area is 125 Å². The number of rotatable bonds is 2. The minimum absolute atomic E-state index is 0.110. The number of fused-ring (bicyclic) bond motifs is 1. The molecule has 2 aromatic rings. The molecule has 0 spiro atoms. The van der Waals surface area contributed by atoms with E-state index in [1.54, 1.807) is 7.11 Å². The Morgan fingerprint density at radius 3 is 2.67 bits per heavy atom. The molecule has 1 aliphatic heterocycles. The van der Waals surface area contributed by atoms with Crippen LogP contribution in [0, 0.1) is 13.8 Å². The SMILES string of the molecule is COc1ccc2c(c1)C(O)CC(c1cc(C)ccc1C)O2. The monoisotopic (exact) mass is 284 g/mol. The fourth-order valence-corrected chi connectivity index (χ4v) is 2.85. The number of aliphatic hydroxyl groups is 1. The summed E-state index contributed by atoms with van der Waals surface area (Å²) < 4.78 is 11.3. The molecular weight excluding hydrogens is 264 g/mol. The van der Waals surface area contributed by atoms with Crippen LogP contribution in [0.4, 0.5) is 0 Å². The third kappa shape index (κ3) is 2.61. The molecule has 1 N–H and O–H groups in total. The minimum atomic E-state index is -0.534. The van der Waals surface area contributed by atoms with Gasteiger partial charge in [0.15, 0.2) is 0 Å². The van der Waals surface area contributed by atoms with Crippen molar-refractivity contribution < 1.29 is 14.6 Å². The van der Waals surface area contributed by atoms with Crippen LogP contribution in [-0.2, 0) is 0 Å². The summed E-state index contributed by atoms with van der Waals surface area (Å²) in [7, 11) is 1.62. The average molecular weight is 284 g/mol.